The van der Waals surface area contributed by atoms with Crippen molar-refractivity contribution in [2.24, 2.45) is 4.99 Å². The molecule has 4 rings (SSSR count). The Hall–Kier alpha value is -4.24. The molecule has 0 bridgehead atoms. The van der Waals surface area contributed by atoms with E-state index in [9.17, 15) is 8.78 Å². The largest absolute Gasteiger partial charge is 0.342 e. The van der Waals surface area contributed by atoms with Crippen LogP contribution in [-0.2, 0) is 5.92 Å². The number of aliphatic imine (C=N–C) groups is 1. The molecule has 4 nitrogen and oxygen atoms in total. The highest BCUT2D eigenvalue weighted by atomic mass is 19.3. The van der Waals surface area contributed by atoms with Crippen molar-refractivity contribution in [3.63, 3.8) is 0 Å². The van der Waals surface area contributed by atoms with E-state index in [0.29, 0.717) is 23.6 Å². The van der Waals surface area contributed by atoms with Gasteiger partial charge in [0.25, 0.3) is 5.92 Å². The highest BCUT2D eigenvalue weighted by molar-refractivity contribution is 5.79. The number of aryl methyl sites for hydroxylation is 1. The fourth-order valence-corrected chi connectivity index (χ4v) is 4.71. The first-order valence-electron chi connectivity index (χ1n) is 14.2. The van der Waals surface area contributed by atoms with Gasteiger partial charge < -0.3 is 10.2 Å². The molecule has 0 saturated heterocycles. The molecule has 41 heavy (non-hydrogen) atoms. The van der Waals surface area contributed by atoms with Gasteiger partial charge in [0.05, 0.1) is 5.69 Å². The van der Waals surface area contributed by atoms with Crippen LogP contribution >= 0.6 is 0 Å². The van der Waals surface area contributed by atoms with E-state index in [-0.39, 0.29) is 5.56 Å². The Balaban J connectivity index is 1.68. The molecule has 212 valence electrons. The second-order valence-electron chi connectivity index (χ2n) is 10.3. The van der Waals surface area contributed by atoms with E-state index in [2.05, 4.69) is 46.6 Å². The number of nitrogens with one attached hydrogen (secondary N) is 1. The van der Waals surface area contributed by atoms with Gasteiger partial charge in [0.1, 0.15) is 11.6 Å². The molecule has 2 aromatic carbocycles. The topological polar surface area (TPSA) is 40.5 Å². The molecule has 0 spiro atoms. The zero-order valence-corrected chi connectivity index (χ0v) is 24.4. The zero-order valence-electron chi connectivity index (χ0n) is 24.4. The van der Waals surface area contributed by atoms with Gasteiger partial charge in [0.15, 0.2) is 0 Å². The highest BCUT2D eigenvalue weighted by Crippen LogP contribution is 2.33. The minimum Gasteiger partial charge on any atom is -0.342 e. The number of rotatable bonds is 10. The molecule has 1 N–H and O–H groups in total. The van der Waals surface area contributed by atoms with Crippen LogP contribution in [0.4, 0.5) is 20.3 Å². The molecule has 0 fully saturated rings. The van der Waals surface area contributed by atoms with Gasteiger partial charge in [0.2, 0.25) is 0 Å². The molecule has 6 heteroatoms. The molecule has 3 aromatic rings. The quantitative estimate of drug-likeness (QED) is 0.255. The summed E-state index contributed by atoms with van der Waals surface area (Å²) >= 11 is 0. The zero-order chi connectivity index (χ0) is 29.4. The van der Waals surface area contributed by atoms with Gasteiger partial charge in [0, 0.05) is 54.7 Å². The van der Waals surface area contributed by atoms with E-state index in [1.54, 1.807) is 6.07 Å². The fourth-order valence-electron chi connectivity index (χ4n) is 4.71. The predicted octanol–water partition coefficient (Wildman–Crippen LogP) is 9.33. The van der Waals surface area contributed by atoms with Crippen LogP contribution in [-0.4, -0.2) is 17.7 Å². The molecule has 0 saturated carbocycles. The molecule has 0 atom stereocenters. The van der Waals surface area contributed by atoms with Gasteiger partial charge in [-0.05, 0) is 73.2 Å². The van der Waals surface area contributed by atoms with E-state index in [0.717, 1.165) is 72.8 Å². The first-order chi connectivity index (χ1) is 19.7. The maximum atomic E-state index is 14.0. The lowest BCUT2D eigenvalue weighted by Gasteiger charge is -2.28. The third kappa shape index (κ3) is 7.49. The summed E-state index contributed by atoms with van der Waals surface area (Å²) in [4.78, 5) is 11.4. The minimum absolute atomic E-state index is 0.0329. The van der Waals surface area contributed by atoms with Crippen LogP contribution in [0.15, 0.2) is 78.2 Å². The Morgan fingerprint density at radius 3 is 2.66 bits per heavy atom. The summed E-state index contributed by atoms with van der Waals surface area (Å²) in [5, 5.41) is 3.51. The number of anilines is 2. The predicted molar refractivity (Wildman–Crippen MR) is 168 cm³/mol. The number of hydrogen-bond acceptors (Lipinski definition) is 4. The number of halogens is 2. The van der Waals surface area contributed by atoms with Crippen molar-refractivity contribution in [3.8, 4) is 23.1 Å². The second-order valence-corrected chi connectivity index (χ2v) is 10.3. The molecule has 1 aliphatic heterocycles. The number of nitrogens with zero attached hydrogens (tertiary/aromatic N) is 3. The molecular weight excluding hydrogens is 514 g/mol. The van der Waals surface area contributed by atoms with E-state index >= 15 is 0 Å². The summed E-state index contributed by atoms with van der Waals surface area (Å²) in [7, 11) is 0. The molecule has 0 unspecified atom stereocenters. The Morgan fingerprint density at radius 2 is 1.95 bits per heavy atom. The molecule has 1 aromatic heterocycles. The van der Waals surface area contributed by atoms with Crippen LogP contribution in [0.3, 0.4) is 0 Å². The first-order valence-corrected chi connectivity index (χ1v) is 14.2. The normalized spacial score (nSPS) is 12.8. The Kier molecular flexibility index (Phi) is 9.73. The van der Waals surface area contributed by atoms with Crippen molar-refractivity contribution in [1.82, 2.24) is 4.98 Å². The van der Waals surface area contributed by atoms with Crippen LogP contribution in [0.5, 0.6) is 0 Å². The third-order valence-electron chi connectivity index (χ3n) is 6.98. The van der Waals surface area contributed by atoms with E-state index in [1.165, 1.54) is 12.1 Å². The van der Waals surface area contributed by atoms with Gasteiger partial charge >= 0.3 is 0 Å². The number of aromatic nitrogens is 1. The third-order valence-corrected chi connectivity index (χ3v) is 6.98. The summed E-state index contributed by atoms with van der Waals surface area (Å²) < 4.78 is 28.1. The monoisotopic (exact) mass is 552 g/mol. The van der Waals surface area contributed by atoms with Crippen LogP contribution in [0.25, 0.3) is 16.8 Å². The fraction of sp³-hybridized carbons (Fsp3) is 0.314. The molecule has 0 aliphatic carbocycles. The second kappa shape index (κ2) is 13.4. The number of hydrogen-bond donors (Lipinski definition) is 1. The number of benzene rings is 2. The number of unbranched alkanes of at least 4 members (excludes halogenated alkanes) is 1. The number of allylic oxidation sites excluding steroid dienone is 1. The molecular formula is C35H38F2N4. The standard InChI is InChI=1S/C35H38F2N4/c1-6-8-12-27-17-18-31(23-32(27)29-14-11-20-38-24-29)39-26(4)41(21-9-7-2)34-25(3)16-19-33(40-34)28-13-10-15-30(22-28)35(5,36)37/h10,13,15-20,22-24,39H,4,6-7,9,11,14,21H2,1-3,5H3. The Labute approximate surface area is 242 Å². The summed E-state index contributed by atoms with van der Waals surface area (Å²) in [6.07, 6.45) is 8.40. The lowest BCUT2D eigenvalue weighted by molar-refractivity contribution is 0.0175. The smallest absolute Gasteiger partial charge is 0.270 e. The van der Waals surface area contributed by atoms with Gasteiger partial charge in [-0.3, -0.25) is 4.99 Å². The van der Waals surface area contributed by atoms with Gasteiger partial charge in [-0.2, -0.15) is 0 Å². The lowest BCUT2D eigenvalue weighted by Crippen LogP contribution is -2.29. The van der Waals surface area contributed by atoms with Crippen LogP contribution in [0.1, 0.15) is 75.1 Å². The molecule has 0 amide bonds. The first kappa shape index (κ1) is 29.7. The molecule has 0 radical (unpaired) electrons. The van der Waals surface area contributed by atoms with E-state index < -0.39 is 5.92 Å². The Morgan fingerprint density at radius 1 is 1.12 bits per heavy atom. The Bertz CT molecular complexity index is 1520. The summed E-state index contributed by atoms with van der Waals surface area (Å²) in [5.74, 6) is 5.00. The van der Waals surface area contributed by atoms with Crippen LogP contribution in [0.2, 0.25) is 0 Å². The van der Waals surface area contributed by atoms with Crippen molar-refractivity contribution < 1.29 is 8.78 Å². The van der Waals surface area contributed by atoms with Crippen LogP contribution in [0, 0.1) is 18.8 Å². The maximum absolute atomic E-state index is 14.0. The van der Waals surface area contributed by atoms with Crippen molar-refractivity contribution in [3.05, 3.63) is 95.5 Å². The number of alkyl halides is 2. The van der Waals surface area contributed by atoms with Crippen LogP contribution < -0.4 is 10.2 Å². The van der Waals surface area contributed by atoms with Gasteiger partial charge in [-0.1, -0.05) is 63.0 Å². The average Bonchev–Trinajstić information content (AvgIpc) is 2.97. The van der Waals surface area contributed by atoms with Crippen molar-refractivity contribution >= 4 is 23.3 Å². The van der Waals surface area contributed by atoms with E-state index in [1.807, 2.05) is 56.6 Å². The van der Waals surface area contributed by atoms with Gasteiger partial charge in [-0.25, -0.2) is 13.8 Å². The lowest BCUT2D eigenvalue weighted by atomic mass is 9.95. The van der Waals surface area contributed by atoms with E-state index in [4.69, 9.17) is 4.98 Å². The minimum atomic E-state index is -2.93. The number of pyridine rings is 1. The summed E-state index contributed by atoms with van der Waals surface area (Å²) in [6.45, 7) is 12.2. The molecule has 1 aliphatic rings. The summed E-state index contributed by atoms with van der Waals surface area (Å²) in [6, 6.07) is 16.5. The van der Waals surface area contributed by atoms with Crippen molar-refractivity contribution in [2.75, 3.05) is 16.8 Å². The van der Waals surface area contributed by atoms with Crippen molar-refractivity contribution in [1.29, 1.82) is 0 Å². The molecule has 2 heterocycles. The SMILES string of the molecule is C=C(Nc1ccc(C#CCC)c(C2=CN=CCC2)c1)N(CCCC)c1nc(-c2cccc(C(C)(F)F)c2)ccc1C. The van der Waals surface area contributed by atoms with Gasteiger partial charge in [-0.15, -0.1) is 0 Å². The summed E-state index contributed by atoms with van der Waals surface area (Å²) in [5.41, 5.74) is 6.35. The average molecular weight is 553 g/mol. The van der Waals surface area contributed by atoms with Crippen molar-refractivity contribution in [2.45, 2.75) is 65.7 Å². The highest BCUT2D eigenvalue weighted by Gasteiger charge is 2.25. The maximum Gasteiger partial charge on any atom is 0.270 e.